The van der Waals surface area contributed by atoms with Gasteiger partial charge in [-0.05, 0) is 55.0 Å². The van der Waals surface area contributed by atoms with Gasteiger partial charge in [-0.15, -0.1) is 0 Å². The molecule has 2 aromatic carbocycles. The zero-order valence-corrected chi connectivity index (χ0v) is 14.1. The Balaban J connectivity index is 2.00. The number of carbonyl (C=O) groups excluding carboxylic acids is 2. The van der Waals surface area contributed by atoms with Crippen molar-refractivity contribution in [3.63, 3.8) is 0 Å². The molecule has 0 radical (unpaired) electrons. The fourth-order valence-corrected chi connectivity index (χ4v) is 2.06. The van der Waals surface area contributed by atoms with Crippen LogP contribution >= 0.6 is 0 Å². The van der Waals surface area contributed by atoms with Crippen LogP contribution in [-0.2, 0) is 9.53 Å². The number of hydrogen-bond donors (Lipinski definition) is 0. The van der Waals surface area contributed by atoms with E-state index in [4.69, 9.17) is 14.7 Å². The summed E-state index contributed by atoms with van der Waals surface area (Å²) >= 11 is 0. The highest BCUT2D eigenvalue weighted by Gasteiger charge is 2.14. The number of ether oxygens (including phenoxy) is 2. The maximum Gasteiger partial charge on any atom is 0.349 e. The van der Waals surface area contributed by atoms with Crippen LogP contribution in [0.5, 0.6) is 5.75 Å². The molecule has 2 aromatic rings. The average Bonchev–Trinajstić information content (AvgIpc) is 2.66. The van der Waals surface area contributed by atoms with E-state index in [1.165, 1.54) is 18.2 Å². The lowest BCUT2D eigenvalue weighted by molar-refractivity contribution is -0.137. The van der Waals surface area contributed by atoms with Crippen molar-refractivity contribution in [1.29, 1.82) is 5.26 Å². The second kappa shape index (κ2) is 9.14. The molecule has 0 atom stereocenters. The van der Waals surface area contributed by atoms with Gasteiger partial charge in [0, 0.05) is 5.56 Å². The lowest BCUT2D eigenvalue weighted by Crippen LogP contribution is -2.15. The molecule has 0 heterocycles. The number of esters is 1. The molecule has 0 bridgehead atoms. The number of rotatable bonds is 7. The van der Waals surface area contributed by atoms with Gasteiger partial charge in [0.05, 0.1) is 6.61 Å². The number of carbonyl (C=O) groups is 2. The molecule has 132 valence electrons. The Morgan fingerprint density at radius 3 is 2.35 bits per heavy atom. The fraction of sp³-hybridized carbons (Fsp3) is 0.150. The molecule has 5 nitrogen and oxygen atoms in total. The summed E-state index contributed by atoms with van der Waals surface area (Å²) in [5, 5.41) is 9.14. The number of hydrogen-bond acceptors (Lipinski definition) is 5. The van der Waals surface area contributed by atoms with Gasteiger partial charge in [-0.3, -0.25) is 4.79 Å². The molecule has 0 unspecified atom stereocenters. The highest BCUT2D eigenvalue weighted by Crippen LogP contribution is 2.15. The van der Waals surface area contributed by atoms with Gasteiger partial charge >= 0.3 is 5.97 Å². The van der Waals surface area contributed by atoms with Crippen molar-refractivity contribution in [3.05, 3.63) is 71.0 Å². The summed E-state index contributed by atoms with van der Waals surface area (Å²) < 4.78 is 23.0. The number of halogens is 1. The van der Waals surface area contributed by atoms with Crippen LogP contribution in [0.4, 0.5) is 4.39 Å². The van der Waals surface area contributed by atoms with Crippen LogP contribution in [-0.4, -0.2) is 25.0 Å². The number of Topliss-reactive ketones (excluding diaryl/α,β-unsaturated/α-hetero) is 1. The molecular weight excluding hydrogens is 337 g/mol. The lowest BCUT2D eigenvalue weighted by Gasteiger charge is -2.05. The Bertz CT molecular complexity index is 849. The first-order valence-electron chi connectivity index (χ1n) is 7.84. The van der Waals surface area contributed by atoms with E-state index in [1.54, 1.807) is 30.3 Å². The van der Waals surface area contributed by atoms with Crippen LogP contribution in [0.1, 0.15) is 22.8 Å². The molecule has 0 saturated heterocycles. The third kappa shape index (κ3) is 5.28. The SMILES string of the molecule is CCOc1ccc(/C=C(\C#N)C(=O)OCC(=O)c2ccc(F)cc2)cc1. The van der Waals surface area contributed by atoms with Gasteiger partial charge in [-0.25, -0.2) is 9.18 Å². The maximum atomic E-state index is 12.8. The molecule has 0 N–H and O–H groups in total. The van der Waals surface area contributed by atoms with Crippen LogP contribution in [0.25, 0.3) is 6.08 Å². The maximum absolute atomic E-state index is 12.8. The summed E-state index contributed by atoms with van der Waals surface area (Å²) in [5.74, 6) is -1.19. The van der Waals surface area contributed by atoms with Crippen molar-refractivity contribution in [1.82, 2.24) is 0 Å². The van der Waals surface area contributed by atoms with Gasteiger partial charge in [0.2, 0.25) is 0 Å². The molecule has 0 spiro atoms. The topological polar surface area (TPSA) is 76.4 Å². The summed E-state index contributed by atoms with van der Waals surface area (Å²) in [4.78, 5) is 23.9. The van der Waals surface area contributed by atoms with Crippen molar-refractivity contribution in [2.45, 2.75) is 6.92 Å². The second-order valence-electron chi connectivity index (χ2n) is 5.18. The molecule has 0 aliphatic heterocycles. The van der Waals surface area contributed by atoms with E-state index < -0.39 is 24.2 Å². The highest BCUT2D eigenvalue weighted by molar-refractivity contribution is 6.01. The fourth-order valence-electron chi connectivity index (χ4n) is 2.06. The molecule has 6 heteroatoms. The molecule has 0 aromatic heterocycles. The number of nitrogens with zero attached hydrogens (tertiary/aromatic N) is 1. The van der Waals surface area contributed by atoms with Crippen molar-refractivity contribution < 1.29 is 23.5 Å². The van der Waals surface area contributed by atoms with Crippen LogP contribution in [0.3, 0.4) is 0 Å². The second-order valence-corrected chi connectivity index (χ2v) is 5.18. The monoisotopic (exact) mass is 353 g/mol. The van der Waals surface area contributed by atoms with Gasteiger partial charge in [0.25, 0.3) is 0 Å². The van der Waals surface area contributed by atoms with Crippen molar-refractivity contribution >= 4 is 17.8 Å². The van der Waals surface area contributed by atoms with Crippen LogP contribution < -0.4 is 4.74 Å². The Hall–Kier alpha value is -3.46. The number of nitriles is 1. The van der Waals surface area contributed by atoms with E-state index in [0.29, 0.717) is 17.9 Å². The average molecular weight is 353 g/mol. The smallest absolute Gasteiger partial charge is 0.349 e. The molecule has 26 heavy (non-hydrogen) atoms. The Kier molecular flexibility index (Phi) is 6.63. The van der Waals surface area contributed by atoms with Gasteiger partial charge < -0.3 is 9.47 Å². The third-order valence-corrected chi connectivity index (χ3v) is 3.34. The van der Waals surface area contributed by atoms with Crippen molar-refractivity contribution in [2.75, 3.05) is 13.2 Å². The van der Waals surface area contributed by atoms with Crippen LogP contribution in [0, 0.1) is 17.1 Å². The molecule has 2 rings (SSSR count). The summed E-state index contributed by atoms with van der Waals surface area (Å²) in [6, 6.07) is 13.5. The molecule has 0 amide bonds. The van der Waals surface area contributed by atoms with Crippen LogP contribution in [0.15, 0.2) is 54.1 Å². The summed E-state index contributed by atoms with van der Waals surface area (Å²) in [7, 11) is 0. The Morgan fingerprint density at radius 2 is 1.77 bits per heavy atom. The van der Waals surface area contributed by atoms with Crippen LogP contribution in [0.2, 0.25) is 0 Å². The van der Waals surface area contributed by atoms with E-state index in [2.05, 4.69) is 0 Å². The van der Waals surface area contributed by atoms with E-state index in [-0.39, 0.29) is 11.1 Å². The largest absolute Gasteiger partial charge is 0.494 e. The summed E-state index contributed by atoms with van der Waals surface area (Å²) in [6.07, 6.45) is 1.36. The quantitative estimate of drug-likeness (QED) is 0.329. The Labute approximate surface area is 150 Å². The third-order valence-electron chi connectivity index (χ3n) is 3.34. The first kappa shape index (κ1) is 18.9. The highest BCUT2D eigenvalue weighted by atomic mass is 19.1. The standard InChI is InChI=1S/C20H16FNO4/c1-2-25-18-9-3-14(4-10-18)11-16(12-22)20(24)26-13-19(23)15-5-7-17(21)8-6-15/h3-11H,2,13H2,1H3/b16-11+. The first-order chi connectivity index (χ1) is 12.5. The van der Waals surface area contributed by atoms with Gasteiger partial charge in [-0.1, -0.05) is 12.1 Å². The molecular formula is C20H16FNO4. The van der Waals surface area contributed by atoms with E-state index >= 15 is 0 Å². The lowest BCUT2D eigenvalue weighted by atomic mass is 10.1. The molecule has 0 saturated carbocycles. The molecule has 0 fully saturated rings. The molecule has 0 aliphatic rings. The van der Waals surface area contributed by atoms with Gasteiger partial charge in [-0.2, -0.15) is 5.26 Å². The summed E-state index contributed by atoms with van der Waals surface area (Å²) in [6.45, 7) is 1.87. The number of benzene rings is 2. The predicted molar refractivity (Wildman–Crippen MR) is 92.9 cm³/mol. The Morgan fingerprint density at radius 1 is 1.12 bits per heavy atom. The minimum Gasteiger partial charge on any atom is -0.494 e. The zero-order valence-electron chi connectivity index (χ0n) is 14.1. The van der Waals surface area contributed by atoms with E-state index in [1.807, 2.05) is 6.92 Å². The normalized spacial score (nSPS) is 10.7. The van der Waals surface area contributed by atoms with Gasteiger partial charge in [0.1, 0.15) is 23.2 Å². The van der Waals surface area contributed by atoms with Crippen molar-refractivity contribution in [2.24, 2.45) is 0 Å². The number of ketones is 1. The first-order valence-corrected chi connectivity index (χ1v) is 7.84. The zero-order chi connectivity index (χ0) is 18.9. The van der Waals surface area contributed by atoms with E-state index in [0.717, 1.165) is 12.1 Å². The van der Waals surface area contributed by atoms with Crippen molar-refractivity contribution in [3.8, 4) is 11.8 Å². The minimum absolute atomic E-state index is 0.216. The summed E-state index contributed by atoms with van der Waals surface area (Å²) in [5.41, 5.74) is 0.598. The van der Waals surface area contributed by atoms with Gasteiger partial charge in [0.15, 0.2) is 12.4 Å². The predicted octanol–water partition coefficient (Wildman–Crippen LogP) is 3.56. The minimum atomic E-state index is -0.906. The molecule has 0 aliphatic carbocycles. The van der Waals surface area contributed by atoms with E-state index in [9.17, 15) is 14.0 Å².